The Hall–Kier alpha value is -0.290. The molecule has 1 N–H and O–H groups in total. The Bertz CT molecular complexity index is 266. The van der Waals surface area contributed by atoms with Gasteiger partial charge >= 0.3 is 6.18 Å². The molecule has 2 fully saturated rings. The van der Waals surface area contributed by atoms with Gasteiger partial charge in [-0.15, -0.1) is 0 Å². The summed E-state index contributed by atoms with van der Waals surface area (Å²) in [4.78, 5) is 1.52. The molecule has 0 bridgehead atoms. The van der Waals surface area contributed by atoms with E-state index >= 15 is 0 Å². The van der Waals surface area contributed by atoms with E-state index in [2.05, 4.69) is 12.2 Å². The van der Waals surface area contributed by atoms with Crippen LogP contribution in [-0.2, 0) is 0 Å². The average Bonchev–Trinajstić information content (AvgIpc) is 3.07. The first-order valence-corrected chi connectivity index (χ1v) is 6.95. The Morgan fingerprint density at radius 3 is 2.28 bits per heavy atom. The fraction of sp³-hybridized carbons (Fsp3) is 1.00. The van der Waals surface area contributed by atoms with Crippen LogP contribution in [0.15, 0.2) is 0 Å². The minimum atomic E-state index is -4.06. The molecule has 5 heteroatoms. The van der Waals surface area contributed by atoms with Gasteiger partial charge in [0, 0.05) is 12.6 Å². The fourth-order valence-electron chi connectivity index (χ4n) is 2.74. The van der Waals surface area contributed by atoms with E-state index in [4.69, 9.17) is 0 Å². The second kappa shape index (κ2) is 5.37. The van der Waals surface area contributed by atoms with E-state index in [1.807, 2.05) is 0 Å². The van der Waals surface area contributed by atoms with Crippen molar-refractivity contribution in [1.82, 2.24) is 10.2 Å². The van der Waals surface area contributed by atoms with Crippen molar-refractivity contribution in [2.24, 2.45) is 5.41 Å². The zero-order valence-electron chi connectivity index (χ0n) is 11.0. The second-order valence-electron chi connectivity index (χ2n) is 5.90. The van der Waals surface area contributed by atoms with Crippen molar-refractivity contribution in [3.8, 4) is 0 Å². The Kier molecular flexibility index (Phi) is 4.22. The minimum Gasteiger partial charge on any atom is -0.313 e. The number of alkyl halides is 3. The summed E-state index contributed by atoms with van der Waals surface area (Å²) in [5, 5.41) is 3.55. The molecule has 1 heterocycles. The molecule has 18 heavy (non-hydrogen) atoms. The average molecular weight is 264 g/mol. The zero-order chi connectivity index (χ0) is 13.2. The van der Waals surface area contributed by atoms with Crippen LogP contribution in [-0.4, -0.2) is 43.3 Å². The van der Waals surface area contributed by atoms with E-state index in [9.17, 15) is 13.2 Å². The molecule has 0 unspecified atom stereocenters. The van der Waals surface area contributed by atoms with E-state index in [-0.39, 0.29) is 0 Å². The third kappa shape index (κ3) is 4.12. The van der Waals surface area contributed by atoms with Gasteiger partial charge in [-0.1, -0.05) is 6.92 Å². The normalized spacial score (nSPS) is 25.3. The van der Waals surface area contributed by atoms with Crippen LogP contribution in [0, 0.1) is 5.41 Å². The lowest BCUT2D eigenvalue weighted by atomic mass is 10.0. The van der Waals surface area contributed by atoms with Crippen molar-refractivity contribution < 1.29 is 13.2 Å². The van der Waals surface area contributed by atoms with E-state index < -0.39 is 12.7 Å². The Labute approximate surface area is 107 Å². The quantitative estimate of drug-likeness (QED) is 0.821. The first-order chi connectivity index (χ1) is 8.42. The van der Waals surface area contributed by atoms with Crippen LogP contribution in [0.25, 0.3) is 0 Å². The van der Waals surface area contributed by atoms with E-state index in [0.717, 1.165) is 19.4 Å². The predicted molar refractivity (Wildman–Crippen MR) is 65.5 cm³/mol. The first-order valence-electron chi connectivity index (χ1n) is 6.95. The number of piperidine rings is 1. The van der Waals surface area contributed by atoms with Crippen LogP contribution >= 0.6 is 0 Å². The summed E-state index contributed by atoms with van der Waals surface area (Å²) in [5.74, 6) is 0. The topological polar surface area (TPSA) is 15.3 Å². The summed E-state index contributed by atoms with van der Waals surface area (Å²) >= 11 is 0. The Balaban J connectivity index is 1.64. The lowest BCUT2D eigenvalue weighted by molar-refractivity contribution is -0.148. The van der Waals surface area contributed by atoms with Gasteiger partial charge in [-0.2, -0.15) is 13.2 Å². The number of likely N-dealkylation sites (tertiary alicyclic amines) is 1. The van der Waals surface area contributed by atoms with Crippen molar-refractivity contribution in [1.29, 1.82) is 0 Å². The molecule has 2 aliphatic rings. The molecule has 1 saturated carbocycles. The van der Waals surface area contributed by atoms with Gasteiger partial charge in [0.1, 0.15) is 0 Å². The summed E-state index contributed by atoms with van der Waals surface area (Å²) in [5.41, 5.74) is 0.517. The molecule has 0 amide bonds. The third-order valence-corrected chi connectivity index (χ3v) is 4.46. The number of rotatable bonds is 5. The molecule has 0 radical (unpaired) electrons. The number of hydrogen-bond acceptors (Lipinski definition) is 2. The highest BCUT2D eigenvalue weighted by molar-refractivity contribution is 4.94. The largest absolute Gasteiger partial charge is 0.401 e. The molecule has 0 aromatic carbocycles. The monoisotopic (exact) mass is 264 g/mol. The second-order valence-corrected chi connectivity index (χ2v) is 5.90. The van der Waals surface area contributed by atoms with Crippen LogP contribution < -0.4 is 5.32 Å². The SMILES string of the molecule is CCC1(CNC2CCN(CC(F)(F)F)CC2)CC1. The maximum Gasteiger partial charge on any atom is 0.401 e. The molecule has 0 aromatic heterocycles. The predicted octanol–water partition coefficient (Wildman–Crippen LogP) is 2.79. The Morgan fingerprint density at radius 1 is 1.22 bits per heavy atom. The van der Waals surface area contributed by atoms with Gasteiger partial charge in [0.25, 0.3) is 0 Å². The molecule has 1 aliphatic carbocycles. The van der Waals surface area contributed by atoms with Gasteiger partial charge in [0.05, 0.1) is 6.54 Å². The van der Waals surface area contributed by atoms with Gasteiger partial charge in [0.15, 0.2) is 0 Å². The van der Waals surface area contributed by atoms with Gasteiger partial charge in [-0.3, -0.25) is 4.90 Å². The van der Waals surface area contributed by atoms with Gasteiger partial charge in [-0.05, 0) is 50.6 Å². The van der Waals surface area contributed by atoms with Crippen LogP contribution in [0.3, 0.4) is 0 Å². The van der Waals surface area contributed by atoms with Gasteiger partial charge in [0.2, 0.25) is 0 Å². The van der Waals surface area contributed by atoms with E-state index in [0.29, 0.717) is 24.5 Å². The molecular weight excluding hydrogens is 241 g/mol. The van der Waals surface area contributed by atoms with Crippen molar-refractivity contribution in [3.05, 3.63) is 0 Å². The molecule has 2 rings (SSSR count). The summed E-state index contributed by atoms with van der Waals surface area (Å²) in [6.07, 6.45) is 1.46. The number of nitrogens with zero attached hydrogens (tertiary/aromatic N) is 1. The number of halogens is 3. The maximum absolute atomic E-state index is 12.2. The summed E-state index contributed by atoms with van der Waals surface area (Å²) in [6, 6.07) is 0.415. The summed E-state index contributed by atoms with van der Waals surface area (Å²) in [6.45, 7) is 3.65. The molecule has 0 spiro atoms. The van der Waals surface area contributed by atoms with Crippen LogP contribution in [0.1, 0.15) is 39.0 Å². The first kappa shape index (κ1) is 14.1. The highest BCUT2D eigenvalue weighted by atomic mass is 19.4. The lowest BCUT2D eigenvalue weighted by Crippen LogP contribution is -2.46. The number of hydrogen-bond donors (Lipinski definition) is 1. The van der Waals surface area contributed by atoms with Crippen molar-refractivity contribution in [3.63, 3.8) is 0 Å². The summed E-state index contributed by atoms with van der Waals surface area (Å²) in [7, 11) is 0. The Morgan fingerprint density at radius 2 is 1.83 bits per heavy atom. The van der Waals surface area contributed by atoms with Crippen LogP contribution in [0.2, 0.25) is 0 Å². The van der Waals surface area contributed by atoms with Crippen LogP contribution in [0.5, 0.6) is 0 Å². The van der Waals surface area contributed by atoms with E-state index in [1.165, 1.54) is 24.2 Å². The molecule has 1 aliphatic heterocycles. The van der Waals surface area contributed by atoms with Crippen molar-refractivity contribution >= 4 is 0 Å². The smallest absolute Gasteiger partial charge is 0.313 e. The molecule has 0 atom stereocenters. The summed E-state index contributed by atoms with van der Waals surface area (Å²) < 4.78 is 36.7. The lowest BCUT2D eigenvalue weighted by Gasteiger charge is -2.33. The highest BCUT2D eigenvalue weighted by Crippen LogP contribution is 2.48. The van der Waals surface area contributed by atoms with Gasteiger partial charge < -0.3 is 5.32 Å². The third-order valence-electron chi connectivity index (χ3n) is 4.46. The maximum atomic E-state index is 12.2. The van der Waals surface area contributed by atoms with Gasteiger partial charge in [-0.25, -0.2) is 0 Å². The zero-order valence-corrected chi connectivity index (χ0v) is 11.0. The van der Waals surface area contributed by atoms with Crippen molar-refractivity contribution in [2.75, 3.05) is 26.2 Å². The number of nitrogens with one attached hydrogen (secondary N) is 1. The molecule has 1 saturated heterocycles. The highest BCUT2D eigenvalue weighted by Gasteiger charge is 2.40. The molecule has 0 aromatic rings. The van der Waals surface area contributed by atoms with Crippen LogP contribution in [0.4, 0.5) is 13.2 Å². The fourth-order valence-corrected chi connectivity index (χ4v) is 2.74. The minimum absolute atomic E-state index is 0.415. The molecule has 2 nitrogen and oxygen atoms in total. The standard InChI is InChI=1S/C13H23F3N2/c1-2-12(5-6-12)9-17-11-3-7-18(8-4-11)10-13(14,15)16/h11,17H,2-10H2,1H3. The molecule has 106 valence electrons. The molecular formula is C13H23F3N2. The van der Waals surface area contributed by atoms with E-state index in [1.54, 1.807) is 0 Å². The van der Waals surface area contributed by atoms with Crippen molar-refractivity contribution in [2.45, 2.75) is 51.2 Å².